The number of anilines is 1. The SMILES string of the molecule is Cc1c(NCCNC(=O)O)c([N+](=O)[O-])c2nnnn2c1C. The van der Waals surface area contributed by atoms with Crippen molar-refractivity contribution in [1.82, 2.24) is 25.4 Å². The van der Waals surface area contributed by atoms with Crippen LogP contribution in [0.15, 0.2) is 0 Å². The summed E-state index contributed by atoms with van der Waals surface area (Å²) in [6, 6.07) is 0. The molecule has 0 radical (unpaired) electrons. The number of aryl methyl sites for hydroxylation is 1. The second kappa shape index (κ2) is 5.56. The minimum atomic E-state index is -1.16. The summed E-state index contributed by atoms with van der Waals surface area (Å²) in [5.41, 5.74) is 1.37. The number of carbonyl (C=O) groups is 1. The van der Waals surface area contributed by atoms with E-state index in [1.165, 1.54) is 4.52 Å². The van der Waals surface area contributed by atoms with Crippen LogP contribution in [0.4, 0.5) is 16.2 Å². The van der Waals surface area contributed by atoms with E-state index in [1.54, 1.807) is 13.8 Å². The number of rotatable bonds is 5. The summed E-state index contributed by atoms with van der Waals surface area (Å²) in [6.45, 7) is 3.76. The zero-order valence-corrected chi connectivity index (χ0v) is 11.3. The highest BCUT2D eigenvalue weighted by molar-refractivity contribution is 5.78. The lowest BCUT2D eigenvalue weighted by Gasteiger charge is -2.12. The van der Waals surface area contributed by atoms with Crippen LogP contribution in [0, 0.1) is 24.0 Å². The maximum Gasteiger partial charge on any atom is 0.404 e. The van der Waals surface area contributed by atoms with Crippen molar-refractivity contribution in [3.05, 3.63) is 21.4 Å². The van der Waals surface area contributed by atoms with Crippen molar-refractivity contribution in [2.45, 2.75) is 13.8 Å². The zero-order valence-electron chi connectivity index (χ0n) is 11.3. The normalized spacial score (nSPS) is 10.6. The smallest absolute Gasteiger partial charge is 0.404 e. The van der Waals surface area contributed by atoms with Gasteiger partial charge in [-0.25, -0.2) is 4.79 Å². The Bertz CT molecular complexity index is 711. The molecule has 11 nitrogen and oxygen atoms in total. The molecule has 0 spiro atoms. The molecule has 0 aromatic carbocycles. The van der Waals surface area contributed by atoms with E-state index in [1.807, 2.05) is 0 Å². The van der Waals surface area contributed by atoms with E-state index in [0.717, 1.165) is 0 Å². The molecular weight excluding hydrogens is 282 g/mol. The van der Waals surface area contributed by atoms with E-state index in [2.05, 4.69) is 26.2 Å². The quantitative estimate of drug-likeness (QED) is 0.406. The van der Waals surface area contributed by atoms with Gasteiger partial charge in [-0.15, -0.1) is 5.10 Å². The highest BCUT2D eigenvalue weighted by Gasteiger charge is 2.26. The van der Waals surface area contributed by atoms with E-state index in [-0.39, 0.29) is 30.1 Å². The molecular formula is C10H13N7O4. The minimum absolute atomic E-state index is 0.0387. The van der Waals surface area contributed by atoms with E-state index >= 15 is 0 Å². The number of nitrogens with one attached hydrogen (secondary N) is 2. The number of amides is 1. The van der Waals surface area contributed by atoms with E-state index in [0.29, 0.717) is 11.3 Å². The van der Waals surface area contributed by atoms with Gasteiger partial charge in [-0.1, -0.05) is 0 Å². The van der Waals surface area contributed by atoms with E-state index in [4.69, 9.17) is 5.11 Å². The third-order valence-electron chi connectivity index (χ3n) is 3.04. The Balaban J connectivity index is 2.41. The van der Waals surface area contributed by atoms with Gasteiger partial charge < -0.3 is 15.7 Å². The van der Waals surface area contributed by atoms with Gasteiger partial charge in [0.05, 0.1) is 4.92 Å². The van der Waals surface area contributed by atoms with Gasteiger partial charge in [0.25, 0.3) is 5.65 Å². The van der Waals surface area contributed by atoms with Crippen molar-refractivity contribution < 1.29 is 14.8 Å². The van der Waals surface area contributed by atoms with Gasteiger partial charge in [0.1, 0.15) is 5.69 Å². The van der Waals surface area contributed by atoms with Crippen LogP contribution in [0.5, 0.6) is 0 Å². The second-order valence-electron chi connectivity index (χ2n) is 4.26. The lowest BCUT2D eigenvalue weighted by Crippen LogP contribution is -2.27. The third kappa shape index (κ3) is 2.66. The first-order chi connectivity index (χ1) is 9.93. The lowest BCUT2D eigenvalue weighted by atomic mass is 10.1. The number of aromatic nitrogens is 4. The van der Waals surface area contributed by atoms with Crippen LogP contribution in [0.25, 0.3) is 5.65 Å². The highest BCUT2D eigenvalue weighted by atomic mass is 16.6. The molecule has 0 unspecified atom stereocenters. The molecule has 0 aliphatic heterocycles. The van der Waals surface area contributed by atoms with Gasteiger partial charge >= 0.3 is 11.8 Å². The molecule has 2 heterocycles. The largest absolute Gasteiger partial charge is 0.465 e. The van der Waals surface area contributed by atoms with Gasteiger partial charge in [0, 0.05) is 24.3 Å². The molecule has 21 heavy (non-hydrogen) atoms. The standard InChI is InChI=1S/C10H13N7O4/c1-5-6(2)16-9(13-14-15-16)8(17(20)21)7(5)11-3-4-12-10(18)19/h11-12H,3-4H2,1-2H3,(H,18,19). The van der Waals surface area contributed by atoms with Crippen LogP contribution in [0.1, 0.15) is 11.3 Å². The average Bonchev–Trinajstić information content (AvgIpc) is 2.88. The molecule has 0 saturated heterocycles. The molecule has 3 N–H and O–H groups in total. The maximum absolute atomic E-state index is 11.3. The van der Waals surface area contributed by atoms with Crippen molar-refractivity contribution in [2.24, 2.45) is 0 Å². The summed E-state index contributed by atoms with van der Waals surface area (Å²) in [7, 11) is 0. The first kappa shape index (κ1) is 14.4. The molecule has 0 aliphatic rings. The van der Waals surface area contributed by atoms with Crippen LogP contribution >= 0.6 is 0 Å². The van der Waals surface area contributed by atoms with Gasteiger partial charge in [0.15, 0.2) is 0 Å². The van der Waals surface area contributed by atoms with Crippen molar-refractivity contribution in [1.29, 1.82) is 0 Å². The van der Waals surface area contributed by atoms with Crippen molar-refractivity contribution in [3.8, 4) is 0 Å². The summed E-state index contributed by atoms with van der Waals surface area (Å²) in [4.78, 5) is 21.1. The number of nitro groups is 1. The van der Waals surface area contributed by atoms with Crippen LogP contribution in [-0.4, -0.2) is 49.3 Å². The molecule has 1 amide bonds. The van der Waals surface area contributed by atoms with Crippen LogP contribution < -0.4 is 10.6 Å². The summed E-state index contributed by atoms with van der Waals surface area (Å²) in [5.74, 6) is 0. The summed E-state index contributed by atoms with van der Waals surface area (Å²) in [5, 5.41) is 35.6. The Morgan fingerprint density at radius 3 is 2.76 bits per heavy atom. The average molecular weight is 295 g/mol. The van der Waals surface area contributed by atoms with Crippen LogP contribution in [-0.2, 0) is 0 Å². The molecule has 2 rings (SSSR count). The Morgan fingerprint density at radius 2 is 2.14 bits per heavy atom. The number of tetrazole rings is 1. The van der Waals surface area contributed by atoms with E-state index in [9.17, 15) is 14.9 Å². The number of carboxylic acid groups (broad SMARTS) is 1. The fourth-order valence-electron chi connectivity index (χ4n) is 1.94. The number of pyridine rings is 1. The number of fused-ring (bicyclic) bond motifs is 1. The second-order valence-corrected chi connectivity index (χ2v) is 4.26. The van der Waals surface area contributed by atoms with Gasteiger partial charge in [-0.3, -0.25) is 10.1 Å². The number of nitrogens with zero attached hydrogens (tertiary/aromatic N) is 5. The molecule has 0 bridgehead atoms. The van der Waals surface area contributed by atoms with Crippen molar-refractivity contribution >= 4 is 23.1 Å². The molecule has 0 saturated carbocycles. The van der Waals surface area contributed by atoms with Crippen LogP contribution in [0.3, 0.4) is 0 Å². The lowest BCUT2D eigenvalue weighted by molar-refractivity contribution is -0.382. The fraction of sp³-hybridized carbons (Fsp3) is 0.400. The molecule has 2 aromatic heterocycles. The molecule has 0 fully saturated rings. The highest BCUT2D eigenvalue weighted by Crippen LogP contribution is 2.33. The Hall–Kier alpha value is -2.98. The summed E-state index contributed by atoms with van der Waals surface area (Å²) < 4.78 is 1.30. The molecule has 0 atom stereocenters. The van der Waals surface area contributed by atoms with Crippen molar-refractivity contribution in [3.63, 3.8) is 0 Å². The van der Waals surface area contributed by atoms with E-state index < -0.39 is 11.0 Å². The first-order valence-electron chi connectivity index (χ1n) is 5.99. The predicted octanol–water partition coefficient (Wildman–Crippen LogP) is 0.329. The maximum atomic E-state index is 11.3. The number of hydrogen-bond donors (Lipinski definition) is 3. The van der Waals surface area contributed by atoms with Crippen molar-refractivity contribution in [2.75, 3.05) is 18.4 Å². The van der Waals surface area contributed by atoms with Gasteiger partial charge in [-0.05, 0) is 24.3 Å². The van der Waals surface area contributed by atoms with Crippen LogP contribution in [0.2, 0.25) is 0 Å². The Labute approximate surface area is 118 Å². The van der Waals surface area contributed by atoms with Gasteiger partial charge in [-0.2, -0.15) is 4.52 Å². The number of hydrogen-bond acceptors (Lipinski definition) is 7. The van der Waals surface area contributed by atoms with Gasteiger partial charge in [0.2, 0.25) is 0 Å². The Morgan fingerprint density at radius 1 is 1.43 bits per heavy atom. The fourth-order valence-corrected chi connectivity index (χ4v) is 1.94. The predicted molar refractivity (Wildman–Crippen MR) is 71.4 cm³/mol. The molecule has 112 valence electrons. The third-order valence-corrected chi connectivity index (χ3v) is 3.04. The Kier molecular flexibility index (Phi) is 3.82. The first-order valence-corrected chi connectivity index (χ1v) is 5.99. The monoisotopic (exact) mass is 295 g/mol. The zero-order chi connectivity index (χ0) is 15.6. The molecule has 11 heteroatoms. The summed E-state index contributed by atoms with van der Waals surface area (Å²) >= 11 is 0. The molecule has 0 aliphatic carbocycles. The summed E-state index contributed by atoms with van der Waals surface area (Å²) in [6.07, 6.45) is -1.16. The topological polar surface area (TPSA) is 148 Å². The minimum Gasteiger partial charge on any atom is -0.465 e. The molecule has 2 aromatic rings.